The molecule has 0 aromatic heterocycles. The Balaban J connectivity index is -0.00000000213. The number of rotatable bonds is 0. The Kier molecular flexibility index (Phi) is 396. The zero-order chi connectivity index (χ0) is 9.00. The topological polar surface area (TPSA) is 23.8 Å². The second-order valence-corrected chi connectivity index (χ2v) is 4.81. The Bertz CT molecular complexity index is 72.0. The Morgan fingerprint density at radius 2 is 0.400 bits per heavy atom. The SMILES string of the molecule is CC(C)(C)[NH-].[CH2-]C(C)(C)C.[V].[V].[V].[V].[V].[V].[V].[V].[V].[V].[V].[V].[V].[V].[V]. The van der Waals surface area contributed by atoms with Gasteiger partial charge in [0.2, 0.25) is 0 Å². The maximum absolute atomic E-state index is 6.94. The molecule has 0 aliphatic heterocycles. The summed E-state index contributed by atoms with van der Waals surface area (Å²) in [4.78, 5) is 0. The summed E-state index contributed by atoms with van der Waals surface area (Å²) in [6, 6.07) is 0. The molecule has 0 spiro atoms. The van der Waals surface area contributed by atoms with Crippen molar-refractivity contribution in [2.24, 2.45) is 5.41 Å². The van der Waals surface area contributed by atoms with Crippen molar-refractivity contribution in [2.75, 3.05) is 0 Å². The second-order valence-electron chi connectivity index (χ2n) is 4.81. The normalized spacial score (nSPS) is 4.80. The first-order valence-electron chi connectivity index (χ1n) is 3.60. The van der Waals surface area contributed by atoms with Crippen molar-refractivity contribution in [1.29, 1.82) is 0 Å². The van der Waals surface area contributed by atoms with Gasteiger partial charge in [0, 0.05) is 278 Å². The van der Waals surface area contributed by atoms with Crippen LogP contribution in [0.1, 0.15) is 41.5 Å². The van der Waals surface area contributed by atoms with Crippen molar-refractivity contribution >= 4 is 0 Å². The second kappa shape index (κ2) is 76.7. The standard InChI is InChI=1S/C5H11.C4H10N.15V/c1-5(2,3)4;1-4(2,3)5;;;;;;;;;;;;;;;/h1H2,2-4H3;5H,1-3H3;;;;;;;;;;;;;;;/q2*-1;;;;;;;;;;;;;;;. The maximum atomic E-state index is 6.94. The molecule has 1 N–H and O–H groups in total. The smallest absolute Gasteiger partial charge is 0 e. The van der Waals surface area contributed by atoms with Crippen LogP contribution in [0.2, 0.25) is 0 Å². The molecule has 139 valence electrons. The molecule has 16 heteroatoms. The molecule has 0 unspecified atom stereocenters. The summed E-state index contributed by atoms with van der Waals surface area (Å²) in [5.41, 5.74) is 6.94. The van der Waals surface area contributed by atoms with Gasteiger partial charge in [0.15, 0.2) is 0 Å². The van der Waals surface area contributed by atoms with Crippen molar-refractivity contribution < 1.29 is 278 Å². The Labute approximate surface area is 336 Å². The van der Waals surface area contributed by atoms with Gasteiger partial charge in [-0.1, -0.05) is 41.5 Å². The molecule has 0 aliphatic rings. The monoisotopic (exact) mass is 907 g/mol. The molecule has 15 radical (unpaired) electrons. The summed E-state index contributed by atoms with van der Waals surface area (Å²) in [5, 5.41) is 0. The van der Waals surface area contributed by atoms with Crippen LogP contribution in [0.25, 0.3) is 5.73 Å². The van der Waals surface area contributed by atoms with Crippen LogP contribution >= 0.6 is 0 Å². The number of hydrogen-bond acceptors (Lipinski definition) is 0. The van der Waals surface area contributed by atoms with E-state index < -0.39 is 0 Å². The van der Waals surface area contributed by atoms with Gasteiger partial charge in [0.25, 0.3) is 0 Å². The predicted molar refractivity (Wildman–Crippen MR) is 48.9 cm³/mol. The molecule has 0 saturated carbocycles. The van der Waals surface area contributed by atoms with E-state index in [1.54, 1.807) is 0 Å². The van der Waals surface area contributed by atoms with E-state index in [0.29, 0.717) is 0 Å². The fourth-order valence-electron chi connectivity index (χ4n) is 0. The fourth-order valence-corrected chi connectivity index (χ4v) is 0. The van der Waals surface area contributed by atoms with Crippen molar-refractivity contribution in [1.82, 2.24) is 0 Å². The summed E-state index contributed by atoms with van der Waals surface area (Å²) in [6.07, 6.45) is 0. The molecule has 0 saturated heterocycles. The minimum atomic E-state index is -0.250. The summed E-state index contributed by atoms with van der Waals surface area (Å²) in [7, 11) is 0. The Morgan fingerprint density at radius 3 is 0.400 bits per heavy atom. The minimum Gasteiger partial charge on any atom is -0.673 e. The molecule has 0 aromatic carbocycles. The van der Waals surface area contributed by atoms with Crippen LogP contribution in [0.3, 0.4) is 0 Å². The summed E-state index contributed by atoms with van der Waals surface area (Å²) in [6.45, 7) is 15.6. The van der Waals surface area contributed by atoms with Crippen molar-refractivity contribution in [2.45, 2.75) is 47.1 Å². The zero-order valence-electron chi connectivity index (χ0n) is 14.9. The quantitative estimate of drug-likeness (QED) is 0.332. The molecule has 0 aliphatic carbocycles. The first kappa shape index (κ1) is 129. The van der Waals surface area contributed by atoms with E-state index in [2.05, 4.69) is 27.7 Å². The molecule has 0 fully saturated rings. The van der Waals surface area contributed by atoms with Crippen LogP contribution in [-0.4, -0.2) is 5.54 Å². The number of hydrogen-bond donors (Lipinski definition) is 0. The van der Waals surface area contributed by atoms with E-state index in [4.69, 9.17) is 5.73 Å². The van der Waals surface area contributed by atoms with Gasteiger partial charge in [-0.2, -0.15) is 5.41 Å². The van der Waals surface area contributed by atoms with Crippen LogP contribution < -0.4 is 0 Å². The van der Waals surface area contributed by atoms with E-state index in [0.717, 1.165) is 0 Å². The molecule has 0 amide bonds. The van der Waals surface area contributed by atoms with Gasteiger partial charge in [-0.15, -0.1) is 5.54 Å². The molecular weight excluding hydrogens is 886 g/mol. The van der Waals surface area contributed by atoms with Crippen LogP contribution in [0, 0.1) is 12.3 Å². The van der Waals surface area contributed by atoms with Gasteiger partial charge < -0.3 is 12.7 Å². The molecule has 0 atom stereocenters. The van der Waals surface area contributed by atoms with E-state index in [9.17, 15) is 0 Å². The van der Waals surface area contributed by atoms with Gasteiger partial charge in [-0.3, -0.25) is 0 Å². The van der Waals surface area contributed by atoms with Crippen LogP contribution in [0.5, 0.6) is 0 Å². The largest absolute Gasteiger partial charge is 0.673 e. The molecule has 0 bridgehead atoms. The van der Waals surface area contributed by atoms with Crippen molar-refractivity contribution in [3.05, 3.63) is 12.7 Å². The van der Waals surface area contributed by atoms with E-state index in [-0.39, 0.29) is 289 Å². The van der Waals surface area contributed by atoms with Crippen molar-refractivity contribution in [3.63, 3.8) is 0 Å². The third-order valence-electron chi connectivity index (χ3n) is 0. The zero-order valence-corrected chi connectivity index (χ0v) is 35.9. The van der Waals surface area contributed by atoms with Crippen molar-refractivity contribution in [3.8, 4) is 0 Å². The van der Waals surface area contributed by atoms with Gasteiger partial charge in [-0.25, -0.2) is 0 Å². The van der Waals surface area contributed by atoms with Gasteiger partial charge >= 0.3 is 0 Å². The summed E-state index contributed by atoms with van der Waals surface area (Å²) in [5.74, 6) is 0. The van der Waals surface area contributed by atoms with Crippen LogP contribution in [-0.2, 0) is 278 Å². The minimum absolute atomic E-state index is 0. The average molecular weight is 907 g/mol. The van der Waals surface area contributed by atoms with E-state index >= 15 is 0 Å². The predicted octanol–water partition coefficient (Wildman–Crippen LogP) is 3.67. The molecule has 0 aromatic rings. The summed E-state index contributed by atoms with van der Waals surface area (Å²) >= 11 is 0. The maximum Gasteiger partial charge on any atom is 0 e. The molecule has 1 nitrogen and oxygen atoms in total. The van der Waals surface area contributed by atoms with Crippen LogP contribution in [0.15, 0.2) is 0 Å². The third-order valence-corrected chi connectivity index (χ3v) is 0. The Morgan fingerprint density at radius 1 is 0.400 bits per heavy atom. The molecule has 25 heavy (non-hydrogen) atoms. The van der Waals surface area contributed by atoms with E-state index in [1.165, 1.54) is 0 Å². The fraction of sp³-hybridized carbons (Fsp3) is 0.889. The molecular formula is C9H21NV15-2. The van der Waals surface area contributed by atoms with Gasteiger partial charge in [-0.05, 0) is 0 Å². The van der Waals surface area contributed by atoms with Gasteiger partial charge in [0.1, 0.15) is 0 Å². The van der Waals surface area contributed by atoms with Gasteiger partial charge in [0.05, 0.1) is 0 Å². The average Bonchev–Trinajstić information content (AvgIpc) is 1.12. The van der Waals surface area contributed by atoms with E-state index in [1.807, 2.05) is 20.8 Å². The van der Waals surface area contributed by atoms with Crippen LogP contribution in [0.4, 0.5) is 0 Å². The molecule has 0 rings (SSSR count). The Hall–Kier alpha value is 8.73. The number of nitrogens with one attached hydrogen (secondary N) is 1. The first-order valence-corrected chi connectivity index (χ1v) is 3.60. The molecule has 0 heterocycles. The summed E-state index contributed by atoms with van der Waals surface area (Å²) < 4.78 is 0. The third kappa shape index (κ3) is 406. The first-order chi connectivity index (χ1) is 4.00.